The largest absolute Gasteiger partial charge is 0.344 e. The van der Waals surface area contributed by atoms with Crippen LogP contribution in [0, 0.1) is 5.82 Å². The highest BCUT2D eigenvalue weighted by molar-refractivity contribution is 7.16. The van der Waals surface area contributed by atoms with Crippen LogP contribution in [0.3, 0.4) is 0 Å². The Morgan fingerprint density at radius 2 is 1.85 bits per heavy atom. The Bertz CT molecular complexity index is 1070. The number of fused-ring (bicyclic) bond motifs is 1. The van der Waals surface area contributed by atoms with E-state index in [1.54, 1.807) is 23.5 Å². The summed E-state index contributed by atoms with van der Waals surface area (Å²) < 4.78 is 15.2. The summed E-state index contributed by atoms with van der Waals surface area (Å²) in [5.41, 5.74) is 2.63. The summed E-state index contributed by atoms with van der Waals surface area (Å²) in [5.74, 6) is -0.376. The summed E-state index contributed by atoms with van der Waals surface area (Å²) in [6, 6.07) is 20.1. The first-order chi connectivity index (χ1) is 13.1. The van der Waals surface area contributed by atoms with Gasteiger partial charge in [-0.15, -0.1) is 11.3 Å². The topological polar surface area (TPSA) is 34.0 Å². The van der Waals surface area contributed by atoms with Gasteiger partial charge in [0.2, 0.25) is 0 Å². The summed E-state index contributed by atoms with van der Waals surface area (Å²) in [4.78, 5) is 14.0. The van der Waals surface area contributed by atoms with E-state index in [0.29, 0.717) is 12.2 Å². The van der Waals surface area contributed by atoms with Crippen molar-refractivity contribution in [3.8, 4) is 0 Å². The van der Waals surface area contributed by atoms with E-state index in [1.807, 2.05) is 59.3 Å². The lowest BCUT2D eigenvalue weighted by Gasteiger charge is -2.16. The van der Waals surface area contributed by atoms with Crippen LogP contribution in [-0.4, -0.2) is 10.5 Å². The van der Waals surface area contributed by atoms with Gasteiger partial charge in [0.05, 0.1) is 6.04 Å². The Kier molecular flexibility index (Phi) is 4.77. The minimum absolute atomic E-state index is 0.0918. The maximum absolute atomic E-state index is 13.2. The zero-order chi connectivity index (χ0) is 18.8. The second-order valence-corrected chi connectivity index (χ2v) is 7.42. The standard InChI is InChI=1S/C22H19FN2OS/c1-15(17-5-3-2-4-6-17)24-21(26)20-13-18-11-12-27-22(18)25(20)14-16-7-9-19(23)10-8-16/h2-13,15H,14H2,1H3,(H,24,26). The molecule has 27 heavy (non-hydrogen) atoms. The normalized spacial score (nSPS) is 12.2. The number of hydrogen-bond acceptors (Lipinski definition) is 2. The van der Waals surface area contributed by atoms with Crippen molar-refractivity contribution in [1.29, 1.82) is 0 Å². The molecule has 1 atom stereocenters. The lowest BCUT2D eigenvalue weighted by Crippen LogP contribution is -2.28. The molecule has 0 saturated heterocycles. The van der Waals surface area contributed by atoms with Gasteiger partial charge < -0.3 is 9.88 Å². The summed E-state index contributed by atoms with van der Waals surface area (Å²) in [6.45, 7) is 2.50. The second kappa shape index (κ2) is 7.37. The Hall–Kier alpha value is -2.92. The van der Waals surface area contributed by atoms with E-state index in [1.165, 1.54) is 12.1 Å². The van der Waals surface area contributed by atoms with Crippen LogP contribution in [0.25, 0.3) is 10.2 Å². The molecule has 0 fully saturated rings. The second-order valence-electron chi connectivity index (χ2n) is 6.53. The predicted molar refractivity (Wildman–Crippen MR) is 108 cm³/mol. The molecule has 0 aliphatic carbocycles. The van der Waals surface area contributed by atoms with Gasteiger partial charge in [-0.3, -0.25) is 4.79 Å². The highest BCUT2D eigenvalue weighted by Crippen LogP contribution is 2.27. The molecule has 0 saturated carbocycles. The number of nitrogens with zero attached hydrogens (tertiary/aromatic N) is 1. The Balaban J connectivity index is 1.63. The number of rotatable bonds is 5. The first-order valence-electron chi connectivity index (χ1n) is 8.79. The van der Waals surface area contributed by atoms with Crippen molar-refractivity contribution in [3.63, 3.8) is 0 Å². The molecule has 0 aliphatic rings. The van der Waals surface area contributed by atoms with Crippen LogP contribution in [0.2, 0.25) is 0 Å². The molecular formula is C22H19FN2OS. The van der Waals surface area contributed by atoms with Crippen molar-refractivity contribution in [1.82, 2.24) is 9.88 Å². The van der Waals surface area contributed by atoms with E-state index < -0.39 is 0 Å². The van der Waals surface area contributed by atoms with Gasteiger partial charge in [0.1, 0.15) is 16.3 Å². The highest BCUT2D eigenvalue weighted by Gasteiger charge is 2.19. The minimum Gasteiger partial charge on any atom is -0.344 e. The van der Waals surface area contributed by atoms with E-state index in [2.05, 4.69) is 5.32 Å². The predicted octanol–water partition coefficient (Wildman–Crippen LogP) is 5.38. The van der Waals surface area contributed by atoms with Gasteiger partial charge in [0, 0.05) is 11.9 Å². The van der Waals surface area contributed by atoms with Crippen LogP contribution in [-0.2, 0) is 6.54 Å². The molecule has 0 bridgehead atoms. The molecule has 2 aromatic carbocycles. The first kappa shape index (κ1) is 17.5. The van der Waals surface area contributed by atoms with E-state index >= 15 is 0 Å². The Labute approximate surface area is 161 Å². The number of carbonyl (C=O) groups is 1. The molecule has 4 aromatic rings. The number of benzene rings is 2. The van der Waals surface area contributed by atoms with Crippen molar-refractivity contribution in [3.05, 3.63) is 94.7 Å². The fourth-order valence-corrected chi connectivity index (χ4v) is 4.08. The Morgan fingerprint density at radius 3 is 2.59 bits per heavy atom. The van der Waals surface area contributed by atoms with Crippen molar-refractivity contribution < 1.29 is 9.18 Å². The van der Waals surface area contributed by atoms with Gasteiger partial charge in [-0.05, 0) is 47.7 Å². The average molecular weight is 378 g/mol. The molecule has 4 rings (SSSR count). The first-order valence-corrected chi connectivity index (χ1v) is 9.67. The fraction of sp³-hybridized carbons (Fsp3) is 0.136. The van der Waals surface area contributed by atoms with Crippen LogP contribution in [0.1, 0.15) is 34.6 Å². The lowest BCUT2D eigenvalue weighted by molar-refractivity contribution is 0.0931. The molecule has 2 aromatic heterocycles. The van der Waals surface area contributed by atoms with E-state index in [9.17, 15) is 9.18 Å². The number of amides is 1. The molecule has 136 valence electrons. The molecule has 0 radical (unpaired) electrons. The molecule has 1 N–H and O–H groups in total. The SMILES string of the molecule is CC(NC(=O)c1cc2ccsc2n1Cc1ccc(F)cc1)c1ccccc1. The van der Waals surface area contributed by atoms with Crippen LogP contribution in [0.4, 0.5) is 4.39 Å². The number of thiophene rings is 1. The van der Waals surface area contributed by atoms with Gasteiger partial charge in [-0.1, -0.05) is 42.5 Å². The third-order valence-corrected chi connectivity index (χ3v) is 5.59. The van der Waals surface area contributed by atoms with Gasteiger partial charge in [0.25, 0.3) is 5.91 Å². The molecule has 3 nitrogen and oxygen atoms in total. The molecule has 0 aliphatic heterocycles. The summed E-state index contributed by atoms with van der Waals surface area (Å²) in [5, 5.41) is 6.14. The van der Waals surface area contributed by atoms with E-state index in [4.69, 9.17) is 0 Å². The fourth-order valence-electron chi connectivity index (χ4n) is 3.19. The molecule has 1 unspecified atom stereocenters. The lowest BCUT2D eigenvalue weighted by atomic mass is 10.1. The third kappa shape index (κ3) is 3.64. The Morgan fingerprint density at radius 1 is 1.11 bits per heavy atom. The molecule has 0 spiro atoms. The van der Waals surface area contributed by atoms with Gasteiger partial charge in [-0.25, -0.2) is 4.39 Å². The number of hydrogen-bond donors (Lipinski definition) is 1. The zero-order valence-corrected chi connectivity index (χ0v) is 15.7. The van der Waals surface area contributed by atoms with Gasteiger partial charge >= 0.3 is 0 Å². The van der Waals surface area contributed by atoms with E-state index in [-0.39, 0.29) is 17.8 Å². The summed E-state index contributed by atoms with van der Waals surface area (Å²) in [6.07, 6.45) is 0. The maximum atomic E-state index is 13.2. The molecular weight excluding hydrogens is 359 g/mol. The number of halogens is 1. The highest BCUT2D eigenvalue weighted by atomic mass is 32.1. The van der Waals surface area contributed by atoms with Crippen LogP contribution in [0.15, 0.2) is 72.1 Å². The van der Waals surface area contributed by atoms with Crippen molar-refractivity contribution >= 4 is 27.5 Å². The quantitative estimate of drug-likeness (QED) is 0.497. The number of carbonyl (C=O) groups excluding carboxylic acids is 1. The smallest absolute Gasteiger partial charge is 0.268 e. The van der Waals surface area contributed by atoms with Gasteiger partial charge in [0.15, 0.2) is 0 Å². The molecule has 1 amide bonds. The number of aromatic nitrogens is 1. The van der Waals surface area contributed by atoms with Crippen molar-refractivity contribution in [2.24, 2.45) is 0 Å². The van der Waals surface area contributed by atoms with Crippen molar-refractivity contribution in [2.45, 2.75) is 19.5 Å². The zero-order valence-electron chi connectivity index (χ0n) is 14.9. The minimum atomic E-state index is -0.262. The average Bonchev–Trinajstić information content (AvgIpc) is 3.27. The van der Waals surface area contributed by atoms with Crippen molar-refractivity contribution in [2.75, 3.05) is 0 Å². The maximum Gasteiger partial charge on any atom is 0.268 e. The summed E-state index contributed by atoms with van der Waals surface area (Å²) >= 11 is 1.60. The van der Waals surface area contributed by atoms with Crippen LogP contribution < -0.4 is 5.32 Å². The third-order valence-electron chi connectivity index (χ3n) is 4.64. The summed E-state index contributed by atoms with van der Waals surface area (Å²) in [7, 11) is 0. The van der Waals surface area contributed by atoms with Crippen LogP contribution in [0.5, 0.6) is 0 Å². The number of nitrogens with one attached hydrogen (secondary N) is 1. The van der Waals surface area contributed by atoms with E-state index in [0.717, 1.165) is 21.3 Å². The van der Waals surface area contributed by atoms with Crippen LogP contribution >= 0.6 is 11.3 Å². The van der Waals surface area contributed by atoms with Gasteiger partial charge in [-0.2, -0.15) is 0 Å². The molecule has 2 heterocycles. The monoisotopic (exact) mass is 378 g/mol. The molecule has 5 heteroatoms.